The molecule has 0 aliphatic rings. The minimum atomic E-state index is -0.314. The van der Waals surface area contributed by atoms with E-state index >= 15 is 0 Å². The lowest BCUT2D eigenvalue weighted by atomic mass is 10.1. The first-order valence-electron chi connectivity index (χ1n) is 10.7. The van der Waals surface area contributed by atoms with Gasteiger partial charge in [-0.15, -0.1) is 11.3 Å². The number of hydrogen-bond donors (Lipinski definition) is 2. The van der Waals surface area contributed by atoms with Crippen LogP contribution in [0.15, 0.2) is 35.3 Å². The average Bonchev–Trinajstić information content (AvgIpc) is 3.13. The maximum atomic E-state index is 12.1. The molecule has 7 nitrogen and oxygen atoms in total. The Morgan fingerprint density at radius 3 is 2.58 bits per heavy atom. The number of nitrogens with one attached hydrogen (secondary N) is 2. The second kappa shape index (κ2) is 12.4. The van der Waals surface area contributed by atoms with E-state index in [9.17, 15) is 4.79 Å². The molecule has 0 amide bonds. The number of thiazole rings is 1. The van der Waals surface area contributed by atoms with Gasteiger partial charge in [0.25, 0.3) is 0 Å². The van der Waals surface area contributed by atoms with E-state index in [4.69, 9.17) is 9.73 Å². The first-order valence-corrected chi connectivity index (χ1v) is 11.6. The zero-order valence-corrected chi connectivity index (χ0v) is 20.3. The van der Waals surface area contributed by atoms with Crippen molar-refractivity contribution in [3.63, 3.8) is 0 Å². The molecule has 0 fully saturated rings. The van der Waals surface area contributed by atoms with Gasteiger partial charge in [0.2, 0.25) is 0 Å². The highest BCUT2D eigenvalue weighted by molar-refractivity contribution is 7.13. The van der Waals surface area contributed by atoms with Gasteiger partial charge in [0.15, 0.2) is 5.96 Å². The van der Waals surface area contributed by atoms with Crippen molar-refractivity contribution in [3.8, 4) is 0 Å². The summed E-state index contributed by atoms with van der Waals surface area (Å²) in [6.07, 6.45) is 0.931. The molecule has 1 aromatic carbocycles. The van der Waals surface area contributed by atoms with Gasteiger partial charge < -0.3 is 20.3 Å². The number of ether oxygens (including phenoxy) is 1. The highest BCUT2D eigenvalue weighted by Gasteiger charge is 2.20. The zero-order chi connectivity index (χ0) is 22.8. The maximum absolute atomic E-state index is 12.1. The van der Waals surface area contributed by atoms with Crippen molar-refractivity contribution in [2.75, 3.05) is 33.8 Å². The largest absolute Gasteiger partial charge is 0.462 e. The van der Waals surface area contributed by atoms with Crippen molar-refractivity contribution in [3.05, 3.63) is 51.5 Å². The molecule has 8 heteroatoms. The molecule has 0 aliphatic carbocycles. The number of aryl methyl sites for hydroxylation is 1. The average molecular weight is 446 g/mol. The summed E-state index contributed by atoms with van der Waals surface area (Å²) in [5.41, 5.74) is 2.00. The lowest BCUT2D eigenvalue weighted by Crippen LogP contribution is -2.40. The molecule has 1 heterocycles. The van der Waals surface area contributed by atoms with Crippen LogP contribution in [0.4, 0.5) is 0 Å². The van der Waals surface area contributed by atoms with E-state index in [0.717, 1.165) is 23.9 Å². The fourth-order valence-electron chi connectivity index (χ4n) is 3.07. The third kappa shape index (κ3) is 7.63. The normalized spacial score (nSPS) is 13.7. The van der Waals surface area contributed by atoms with Crippen molar-refractivity contribution in [1.82, 2.24) is 20.5 Å². The van der Waals surface area contributed by atoms with Crippen LogP contribution in [0.1, 0.15) is 52.7 Å². The van der Waals surface area contributed by atoms with Crippen LogP contribution < -0.4 is 10.6 Å². The second-order valence-electron chi connectivity index (χ2n) is 7.58. The standard InChI is InChI=1S/C23H35N5O2S/c1-7-24-23(25-15-19(28(5)6)14-18-12-10-9-11-13-18)27-17(4)21-26-16(3)20(31-21)22(29)30-8-2/h9-13,17,19H,7-8,14-15H2,1-6H3,(H2,24,25,27). The number of esters is 1. The molecule has 2 aromatic rings. The summed E-state index contributed by atoms with van der Waals surface area (Å²) in [4.78, 5) is 24.3. The minimum absolute atomic E-state index is 0.0865. The molecule has 2 rings (SSSR count). The van der Waals surface area contributed by atoms with Crippen LogP contribution in [0.5, 0.6) is 0 Å². The Balaban J connectivity index is 2.09. The smallest absolute Gasteiger partial charge is 0.350 e. The first-order chi connectivity index (χ1) is 14.8. The molecule has 2 atom stereocenters. The van der Waals surface area contributed by atoms with Crippen LogP contribution in [0.25, 0.3) is 0 Å². The SMILES string of the molecule is CCNC(=NCC(Cc1ccccc1)N(C)C)NC(C)c1nc(C)c(C(=O)OCC)s1. The number of nitrogens with zero attached hydrogens (tertiary/aromatic N) is 3. The Kier molecular flexibility index (Phi) is 9.94. The number of guanidine groups is 1. The summed E-state index contributed by atoms with van der Waals surface area (Å²) >= 11 is 1.37. The Hall–Kier alpha value is -2.45. The Morgan fingerprint density at radius 1 is 1.26 bits per heavy atom. The number of carbonyl (C=O) groups is 1. The molecule has 170 valence electrons. The van der Waals surface area contributed by atoms with E-state index in [0.29, 0.717) is 23.7 Å². The van der Waals surface area contributed by atoms with Crippen LogP contribution in [0.2, 0.25) is 0 Å². The monoisotopic (exact) mass is 445 g/mol. The highest BCUT2D eigenvalue weighted by atomic mass is 32.1. The lowest BCUT2D eigenvalue weighted by molar-refractivity contribution is 0.0531. The molecular formula is C23H35N5O2S. The zero-order valence-electron chi connectivity index (χ0n) is 19.4. The predicted octanol–water partition coefficient (Wildman–Crippen LogP) is 3.42. The fraction of sp³-hybridized carbons (Fsp3) is 0.522. The van der Waals surface area contributed by atoms with Gasteiger partial charge in [0, 0.05) is 12.6 Å². The van der Waals surface area contributed by atoms with Crippen molar-refractivity contribution in [1.29, 1.82) is 0 Å². The van der Waals surface area contributed by atoms with Crippen LogP contribution in [0.3, 0.4) is 0 Å². The third-order valence-corrected chi connectivity index (χ3v) is 6.17. The second-order valence-corrected chi connectivity index (χ2v) is 8.61. The number of aromatic nitrogens is 1. The lowest BCUT2D eigenvalue weighted by Gasteiger charge is -2.24. The summed E-state index contributed by atoms with van der Waals surface area (Å²) in [6, 6.07) is 10.7. The number of benzene rings is 1. The van der Waals surface area contributed by atoms with Crippen LogP contribution in [-0.4, -0.2) is 61.6 Å². The quantitative estimate of drug-likeness (QED) is 0.331. The molecule has 0 spiro atoms. The number of rotatable bonds is 10. The molecule has 31 heavy (non-hydrogen) atoms. The Bertz CT molecular complexity index is 851. The first kappa shape index (κ1) is 24.8. The van der Waals surface area contributed by atoms with Gasteiger partial charge in [0.1, 0.15) is 9.88 Å². The van der Waals surface area contributed by atoms with Gasteiger partial charge in [-0.2, -0.15) is 0 Å². The van der Waals surface area contributed by atoms with Crippen molar-refractivity contribution in [2.45, 2.75) is 46.2 Å². The number of aliphatic imine (C=N–C) groups is 1. The molecule has 0 radical (unpaired) electrons. The van der Waals surface area contributed by atoms with E-state index < -0.39 is 0 Å². The summed E-state index contributed by atoms with van der Waals surface area (Å²) < 4.78 is 5.13. The molecule has 0 bridgehead atoms. The van der Waals surface area contributed by atoms with Gasteiger partial charge >= 0.3 is 5.97 Å². The number of hydrogen-bond acceptors (Lipinski definition) is 6. The van der Waals surface area contributed by atoms with Gasteiger partial charge in [-0.25, -0.2) is 9.78 Å². The number of likely N-dealkylation sites (N-methyl/N-ethyl adjacent to an activating group) is 1. The maximum Gasteiger partial charge on any atom is 0.350 e. The van der Waals surface area contributed by atoms with Crippen molar-refractivity contribution in [2.24, 2.45) is 4.99 Å². The molecule has 2 unspecified atom stereocenters. The minimum Gasteiger partial charge on any atom is -0.462 e. The fourth-order valence-corrected chi connectivity index (χ4v) is 4.03. The molecule has 0 saturated carbocycles. The Labute approximate surface area is 189 Å². The van der Waals surface area contributed by atoms with E-state index in [1.165, 1.54) is 16.9 Å². The summed E-state index contributed by atoms with van der Waals surface area (Å²) in [7, 11) is 4.17. The van der Waals surface area contributed by atoms with E-state index in [-0.39, 0.29) is 18.1 Å². The summed E-state index contributed by atoms with van der Waals surface area (Å²) in [5.74, 6) is 0.423. The predicted molar refractivity (Wildman–Crippen MR) is 128 cm³/mol. The topological polar surface area (TPSA) is 78.9 Å². The summed E-state index contributed by atoms with van der Waals surface area (Å²) in [5, 5.41) is 7.56. The third-order valence-electron chi connectivity index (χ3n) is 4.85. The van der Waals surface area contributed by atoms with Crippen LogP contribution in [0, 0.1) is 6.92 Å². The van der Waals surface area contributed by atoms with E-state index in [1.807, 2.05) is 26.8 Å². The van der Waals surface area contributed by atoms with Crippen molar-refractivity contribution < 1.29 is 9.53 Å². The van der Waals surface area contributed by atoms with E-state index in [2.05, 4.69) is 58.9 Å². The van der Waals surface area contributed by atoms with E-state index in [1.54, 1.807) is 6.92 Å². The van der Waals surface area contributed by atoms with Gasteiger partial charge in [-0.05, 0) is 53.8 Å². The van der Waals surface area contributed by atoms with Gasteiger partial charge in [-0.3, -0.25) is 4.99 Å². The Morgan fingerprint density at radius 2 is 1.97 bits per heavy atom. The van der Waals surface area contributed by atoms with Gasteiger partial charge in [-0.1, -0.05) is 30.3 Å². The highest BCUT2D eigenvalue weighted by Crippen LogP contribution is 2.24. The van der Waals surface area contributed by atoms with Crippen molar-refractivity contribution >= 4 is 23.3 Å². The van der Waals surface area contributed by atoms with Crippen LogP contribution >= 0.6 is 11.3 Å². The molecule has 0 saturated heterocycles. The van der Waals surface area contributed by atoms with Gasteiger partial charge in [0.05, 0.1) is 24.9 Å². The molecule has 1 aromatic heterocycles. The summed E-state index contributed by atoms with van der Waals surface area (Å²) in [6.45, 7) is 9.48. The molecular weight excluding hydrogens is 410 g/mol. The molecule has 0 aliphatic heterocycles. The molecule has 2 N–H and O–H groups in total. The number of carbonyl (C=O) groups excluding carboxylic acids is 1. The van der Waals surface area contributed by atoms with Crippen LogP contribution in [-0.2, 0) is 11.2 Å².